The molecule has 0 amide bonds. The summed E-state index contributed by atoms with van der Waals surface area (Å²) in [4.78, 5) is 11.6. The van der Waals surface area contributed by atoms with Gasteiger partial charge in [0, 0.05) is 4.57 Å². The van der Waals surface area contributed by atoms with E-state index in [0.29, 0.717) is 24.0 Å². The average molecular weight is 343 g/mol. The third-order valence-electron chi connectivity index (χ3n) is 3.38. The minimum absolute atomic E-state index is 0.137. The molecular formula is C15H24N2O5P+. The van der Waals surface area contributed by atoms with Gasteiger partial charge in [-0.15, -0.1) is 0 Å². The molecule has 0 fully saturated rings. The predicted octanol–water partition coefficient (Wildman–Crippen LogP) is 3.48. The van der Waals surface area contributed by atoms with Crippen LogP contribution in [0.4, 0.5) is 5.69 Å². The largest absolute Gasteiger partial charge is 0.663 e. The zero-order valence-corrected chi connectivity index (χ0v) is 14.3. The van der Waals surface area contributed by atoms with Crippen molar-refractivity contribution in [2.45, 2.75) is 33.1 Å². The van der Waals surface area contributed by atoms with Crippen molar-refractivity contribution < 1.29 is 23.8 Å². The molecule has 1 aromatic carbocycles. The van der Waals surface area contributed by atoms with E-state index in [-0.39, 0.29) is 18.9 Å². The lowest BCUT2D eigenvalue weighted by atomic mass is 10.1. The van der Waals surface area contributed by atoms with Crippen molar-refractivity contribution >= 4 is 19.8 Å². The lowest BCUT2D eigenvalue weighted by Gasteiger charge is -2.11. The Bertz CT molecular complexity index is 491. The highest BCUT2D eigenvalue weighted by molar-refractivity contribution is 7.37. The number of esters is 1. The molecule has 1 rings (SSSR count). The summed E-state index contributed by atoms with van der Waals surface area (Å²) in [6, 6.07) is 6.29. The first kappa shape index (κ1) is 19.4. The molecule has 0 saturated heterocycles. The topological polar surface area (TPSA) is 96.9 Å². The third kappa shape index (κ3) is 7.93. The van der Waals surface area contributed by atoms with E-state index in [1.165, 1.54) is 0 Å². The number of rotatable bonds is 11. The molecule has 23 heavy (non-hydrogen) atoms. The Morgan fingerprint density at radius 2 is 1.91 bits per heavy atom. The molecule has 3 N–H and O–H groups in total. The van der Waals surface area contributed by atoms with Gasteiger partial charge in [-0.3, -0.25) is 15.5 Å². The highest BCUT2D eigenvalue weighted by Crippen LogP contribution is 2.24. The first-order valence-corrected chi connectivity index (χ1v) is 8.81. The van der Waals surface area contributed by atoms with Crippen LogP contribution in [0.2, 0.25) is 0 Å². The Kier molecular flexibility index (Phi) is 9.21. The number of ether oxygens (including phenoxy) is 1. The molecule has 1 atom stereocenters. The molecule has 0 heterocycles. The van der Waals surface area contributed by atoms with E-state index >= 15 is 0 Å². The number of benzene rings is 1. The van der Waals surface area contributed by atoms with E-state index in [0.717, 1.165) is 12.8 Å². The molecule has 0 aliphatic rings. The van der Waals surface area contributed by atoms with Crippen molar-refractivity contribution in [2.24, 2.45) is 5.92 Å². The van der Waals surface area contributed by atoms with Gasteiger partial charge in [0.15, 0.2) is 5.75 Å². The fraction of sp³-hybridized carbons (Fsp3) is 0.533. The summed E-state index contributed by atoms with van der Waals surface area (Å²) in [6.07, 6.45) is 2.09. The molecule has 7 nitrogen and oxygen atoms in total. The summed E-state index contributed by atoms with van der Waals surface area (Å²) in [7, 11) is -2.12. The molecule has 0 aliphatic heterocycles. The van der Waals surface area contributed by atoms with Crippen molar-refractivity contribution in [1.82, 2.24) is 5.09 Å². The van der Waals surface area contributed by atoms with Crippen LogP contribution in [-0.4, -0.2) is 24.3 Å². The summed E-state index contributed by atoms with van der Waals surface area (Å²) in [5.74, 6) is 0.475. The van der Waals surface area contributed by atoms with E-state index in [1.807, 2.05) is 5.48 Å². The fourth-order valence-corrected chi connectivity index (χ4v) is 2.45. The molecule has 0 bridgehead atoms. The van der Waals surface area contributed by atoms with Gasteiger partial charge in [-0.25, -0.2) is 4.52 Å². The lowest BCUT2D eigenvalue weighted by Crippen LogP contribution is -2.17. The molecule has 1 aromatic rings. The molecular weight excluding hydrogens is 319 g/mol. The highest BCUT2D eigenvalue weighted by Gasteiger charge is 2.20. The average Bonchev–Trinajstić information content (AvgIpc) is 2.56. The monoisotopic (exact) mass is 343 g/mol. The third-order valence-corrected chi connectivity index (χ3v) is 4.23. The Balaban J connectivity index is 2.21. The Hall–Kier alpha value is -1.69. The van der Waals surface area contributed by atoms with Crippen LogP contribution in [0.25, 0.3) is 0 Å². The predicted molar refractivity (Wildman–Crippen MR) is 87.7 cm³/mol. The van der Waals surface area contributed by atoms with Gasteiger partial charge in [-0.05, 0) is 30.2 Å². The lowest BCUT2D eigenvalue weighted by molar-refractivity contribution is -0.144. The highest BCUT2D eigenvalue weighted by atomic mass is 31.1. The number of hydrogen-bond acceptors (Lipinski definition) is 6. The first-order chi connectivity index (χ1) is 11.1. The summed E-state index contributed by atoms with van der Waals surface area (Å²) in [6.45, 7) is 4.77. The normalized spacial score (nSPS) is 11.2. The van der Waals surface area contributed by atoms with Gasteiger partial charge in [0.2, 0.25) is 0 Å². The summed E-state index contributed by atoms with van der Waals surface area (Å²) in [5, 5.41) is 11.3. The molecule has 0 aromatic heterocycles. The fourth-order valence-electron chi connectivity index (χ4n) is 1.77. The number of hydrogen-bond donors (Lipinski definition) is 3. The van der Waals surface area contributed by atoms with Crippen LogP contribution < -0.4 is 15.1 Å². The second-order valence-corrected chi connectivity index (χ2v) is 6.02. The Labute approximate surface area is 137 Å². The van der Waals surface area contributed by atoms with Crippen molar-refractivity contribution in [3.63, 3.8) is 0 Å². The maximum absolute atomic E-state index is 11.7. The van der Waals surface area contributed by atoms with Gasteiger partial charge in [0.05, 0.1) is 25.3 Å². The van der Waals surface area contributed by atoms with Gasteiger partial charge < -0.3 is 4.74 Å². The van der Waals surface area contributed by atoms with Crippen molar-refractivity contribution in [3.8, 4) is 5.75 Å². The van der Waals surface area contributed by atoms with E-state index < -0.39 is 8.18 Å². The van der Waals surface area contributed by atoms with E-state index in [1.54, 1.807) is 24.3 Å². The van der Waals surface area contributed by atoms with Crippen molar-refractivity contribution in [3.05, 3.63) is 24.3 Å². The zero-order valence-electron chi connectivity index (χ0n) is 13.4. The van der Waals surface area contributed by atoms with E-state index in [4.69, 9.17) is 14.5 Å². The smallest absolute Gasteiger partial charge is 0.465 e. The number of carbonyl (C=O) groups excluding carboxylic acids is 1. The van der Waals surface area contributed by atoms with Crippen molar-refractivity contribution in [1.29, 1.82) is 0 Å². The number of nitrogens with one attached hydrogen (secondary N) is 2. The molecule has 8 heteroatoms. The van der Waals surface area contributed by atoms with E-state index in [2.05, 4.69) is 18.9 Å². The minimum Gasteiger partial charge on any atom is -0.465 e. The quantitative estimate of drug-likeness (QED) is 0.321. The van der Waals surface area contributed by atoms with Crippen LogP contribution in [0.15, 0.2) is 24.3 Å². The SMILES string of the molecule is CCC(CC)COC(=O)CCN[P+](=O)Oc1ccc(NO)cc1. The second-order valence-electron chi connectivity index (χ2n) is 5.01. The molecule has 0 radical (unpaired) electrons. The number of carbonyl (C=O) groups is 1. The molecule has 0 saturated carbocycles. The van der Waals surface area contributed by atoms with Crippen molar-refractivity contribution in [2.75, 3.05) is 18.6 Å². The summed E-state index contributed by atoms with van der Waals surface area (Å²) < 4.78 is 22.0. The van der Waals surface area contributed by atoms with Gasteiger partial charge in [-0.1, -0.05) is 31.8 Å². The second kappa shape index (κ2) is 10.9. The summed E-state index contributed by atoms with van der Waals surface area (Å²) in [5.41, 5.74) is 2.49. The Morgan fingerprint density at radius 1 is 1.26 bits per heavy atom. The molecule has 0 aliphatic carbocycles. The van der Waals surface area contributed by atoms with Crippen LogP contribution in [0, 0.1) is 5.92 Å². The maximum Gasteiger partial charge on any atom is 0.663 e. The maximum atomic E-state index is 11.7. The van der Waals surface area contributed by atoms with Gasteiger partial charge in [0.25, 0.3) is 0 Å². The Morgan fingerprint density at radius 3 is 2.48 bits per heavy atom. The zero-order chi connectivity index (χ0) is 17.1. The molecule has 128 valence electrons. The molecule has 1 unspecified atom stereocenters. The molecule has 0 spiro atoms. The van der Waals surface area contributed by atoms with Crippen LogP contribution >= 0.6 is 8.18 Å². The van der Waals surface area contributed by atoms with Gasteiger partial charge >= 0.3 is 14.1 Å². The van der Waals surface area contributed by atoms with Gasteiger partial charge in [0.1, 0.15) is 0 Å². The summed E-state index contributed by atoms with van der Waals surface area (Å²) >= 11 is 0. The van der Waals surface area contributed by atoms with Crippen LogP contribution in [0.3, 0.4) is 0 Å². The van der Waals surface area contributed by atoms with Crippen LogP contribution in [0.5, 0.6) is 5.75 Å². The standard InChI is InChI=1S/C15H24N2O5P/c1-3-12(4-2)11-21-15(18)9-10-16-23(20)22-14-7-5-13(17-19)6-8-14/h5-8,12,17,19H,3-4,9-11H2,1-2H3,(H,16,20)/q+1. The van der Waals surface area contributed by atoms with Crippen LogP contribution in [0.1, 0.15) is 33.1 Å². The van der Waals surface area contributed by atoms with Crippen LogP contribution in [-0.2, 0) is 14.1 Å². The minimum atomic E-state index is -2.12. The van der Waals surface area contributed by atoms with E-state index in [9.17, 15) is 9.36 Å². The van der Waals surface area contributed by atoms with Gasteiger partial charge in [-0.2, -0.15) is 0 Å². The first-order valence-electron chi connectivity index (χ1n) is 7.63. The number of anilines is 1.